The fourth-order valence-electron chi connectivity index (χ4n) is 11.0. The molecule has 2 N–H and O–H groups in total. The molecular weight excluding hydrogens is 424 g/mol. The molecule has 0 unspecified atom stereocenters. The number of epoxide rings is 1. The fraction of sp³-hybridized carbons (Fsp3) is 0.900. The van der Waals surface area contributed by atoms with Crippen molar-refractivity contribution in [1.29, 1.82) is 0 Å². The molecule has 5 aliphatic carbocycles. The second-order valence-corrected chi connectivity index (χ2v) is 15.3. The third-order valence-electron chi connectivity index (χ3n) is 13.3. The highest BCUT2D eigenvalue weighted by Gasteiger charge is 2.76. The number of hydrogen-bond donors (Lipinski definition) is 2. The Morgan fingerprint density at radius 2 is 1.65 bits per heavy atom. The molecular formula is C30H46O4. The molecule has 1 heterocycles. The van der Waals surface area contributed by atoms with Crippen LogP contribution in [0.15, 0.2) is 11.6 Å². The summed E-state index contributed by atoms with van der Waals surface area (Å²) in [6.45, 7) is 16.7. The number of ether oxygens (including phenoxy) is 1. The predicted molar refractivity (Wildman–Crippen MR) is 132 cm³/mol. The van der Waals surface area contributed by atoms with Gasteiger partial charge in [0, 0.05) is 5.41 Å². The molecule has 1 aliphatic heterocycles. The van der Waals surface area contributed by atoms with Crippen molar-refractivity contribution < 1.29 is 19.7 Å². The average Bonchev–Trinajstić information content (AvgIpc) is 3.54. The van der Waals surface area contributed by atoms with Gasteiger partial charge in [0.15, 0.2) is 0 Å². The van der Waals surface area contributed by atoms with Crippen LogP contribution in [0.1, 0.15) is 99.8 Å². The van der Waals surface area contributed by atoms with E-state index >= 15 is 0 Å². The Morgan fingerprint density at radius 3 is 2.32 bits per heavy atom. The summed E-state index contributed by atoms with van der Waals surface area (Å²) in [7, 11) is 0. The molecule has 0 aromatic heterocycles. The number of carbonyl (C=O) groups is 1. The van der Waals surface area contributed by atoms with Crippen molar-refractivity contribution in [3.8, 4) is 0 Å². The molecule has 1 saturated heterocycles. The quantitative estimate of drug-likeness (QED) is 0.352. The van der Waals surface area contributed by atoms with Gasteiger partial charge in [0.25, 0.3) is 0 Å². The highest BCUT2D eigenvalue weighted by atomic mass is 16.6. The first-order chi connectivity index (χ1) is 15.7. The maximum Gasteiger partial charge on any atom is 0.310 e. The van der Waals surface area contributed by atoms with Crippen molar-refractivity contribution in [3.05, 3.63) is 11.6 Å². The number of aliphatic carboxylic acids is 1. The molecule has 0 aromatic rings. The number of carboxylic acids is 1. The first-order valence-electron chi connectivity index (χ1n) is 13.9. The van der Waals surface area contributed by atoms with E-state index in [2.05, 4.69) is 54.5 Å². The fourth-order valence-corrected chi connectivity index (χ4v) is 11.0. The van der Waals surface area contributed by atoms with Crippen molar-refractivity contribution in [2.24, 2.45) is 50.2 Å². The molecule has 6 aliphatic rings. The summed E-state index contributed by atoms with van der Waals surface area (Å²) < 4.78 is 6.27. The van der Waals surface area contributed by atoms with Crippen LogP contribution in [0.4, 0.5) is 0 Å². The monoisotopic (exact) mass is 470 g/mol. The van der Waals surface area contributed by atoms with Crippen LogP contribution in [0.5, 0.6) is 0 Å². The highest BCUT2D eigenvalue weighted by Crippen LogP contribution is 2.77. The van der Waals surface area contributed by atoms with Gasteiger partial charge >= 0.3 is 5.97 Å². The summed E-state index contributed by atoms with van der Waals surface area (Å²) >= 11 is 0. The van der Waals surface area contributed by atoms with Gasteiger partial charge in [-0.2, -0.15) is 0 Å². The van der Waals surface area contributed by atoms with Crippen LogP contribution in [-0.2, 0) is 9.53 Å². The third-order valence-corrected chi connectivity index (χ3v) is 13.3. The summed E-state index contributed by atoms with van der Waals surface area (Å²) in [6, 6.07) is 0. The van der Waals surface area contributed by atoms with E-state index in [0.717, 1.165) is 51.4 Å². The van der Waals surface area contributed by atoms with E-state index in [9.17, 15) is 15.0 Å². The Bertz CT molecular complexity index is 965. The molecule has 10 atom stereocenters. The number of aliphatic hydroxyl groups is 1. The van der Waals surface area contributed by atoms with Gasteiger partial charge in [-0.05, 0) is 90.8 Å². The summed E-state index contributed by atoms with van der Waals surface area (Å²) in [4.78, 5) is 12.8. The van der Waals surface area contributed by atoms with E-state index in [4.69, 9.17) is 4.74 Å². The van der Waals surface area contributed by atoms with Gasteiger partial charge in [-0.25, -0.2) is 0 Å². The smallest absolute Gasteiger partial charge is 0.310 e. The van der Waals surface area contributed by atoms with E-state index in [1.54, 1.807) is 0 Å². The zero-order chi connectivity index (χ0) is 24.7. The summed E-state index contributed by atoms with van der Waals surface area (Å²) in [5.74, 6) is 0.551. The molecule has 4 heteroatoms. The number of allylic oxidation sites excluding steroid dienone is 2. The molecule has 4 nitrogen and oxygen atoms in total. The van der Waals surface area contributed by atoms with Gasteiger partial charge in [0.05, 0.1) is 17.6 Å². The van der Waals surface area contributed by atoms with Crippen LogP contribution < -0.4 is 0 Å². The summed E-state index contributed by atoms with van der Waals surface area (Å²) in [5, 5.41) is 21.6. The van der Waals surface area contributed by atoms with Crippen LogP contribution in [0.25, 0.3) is 0 Å². The van der Waals surface area contributed by atoms with E-state index < -0.39 is 11.4 Å². The minimum atomic E-state index is -0.577. The summed E-state index contributed by atoms with van der Waals surface area (Å²) in [5.41, 5.74) is 1.18. The zero-order valence-electron chi connectivity index (χ0n) is 22.4. The molecule has 190 valence electrons. The van der Waals surface area contributed by atoms with Gasteiger partial charge in [0.2, 0.25) is 0 Å². The van der Waals surface area contributed by atoms with Gasteiger partial charge in [-0.1, -0.05) is 60.1 Å². The normalized spacial score (nSPS) is 56.5. The highest BCUT2D eigenvalue weighted by molar-refractivity contribution is 5.76. The van der Waals surface area contributed by atoms with Crippen LogP contribution in [0.2, 0.25) is 0 Å². The van der Waals surface area contributed by atoms with Crippen LogP contribution in [0.3, 0.4) is 0 Å². The van der Waals surface area contributed by atoms with Crippen molar-refractivity contribution in [2.45, 2.75) is 118 Å². The standard InChI is InChI=1S/C30H46O4/c1-25(2)12-14-30(24(32)33)15-13-27(5)17(18(30)16-25)8-9-20-28(27,6)11-10-19-26(3,4)22(31)21-23(34-21)29(19,20)7/h8,18-23,31H,9-16H2,1-7H3,(H,32,33)/t18-,19-,20-,21-,22-,23-,27+,28+,29-,30-/m0/s1. The Hall–Kier alpha value is -0.870. The van der Waals surface area contributed by atoms with E-state index in [0.29, 0.717) is 11.8 Å². The lowest BCUT2D eigenvalue weighted by molar-refractivity contribution is -0.197. The zero-order valence-corrected chi connectivity index (χ0v) is 22.4. The Kier molecular flexibility index (Phi) is 4.51. The molecule has 0 bridgehead atoms. The van der Waals surface area contributed by atoms with E-state index in [1.165, 1.54) is 5.57 Å². The lowest BCUT2D eigenvalue weighted by Gasteiger charge is -2.70. The molecule has 34 heavy (non-hydrogen) atoms. The number of carboxylic acid groups (broad SMARTS) is 1. The molecule has 0 amide bonds. The first-order valence-corrected chi connectivity index (χ1v) is 13.9. The largest absolute Gasteiger partial charge is 0.481 e. The molecule has 4 saturated carbocycles. The molecule has 6 rings (SSSR count). The van der Waals surface area contributed by atoms with Crippen LogP contribution in [-0.4, -0.2) is 34.5 Å². The van der Waals surface area contributed by atoms with E-state index in [-0.39, 0.29) is 51.3 Å². The van der Waals surface area contributed by atoms with Crippen LogP contribution in [0, 0.1) is 50.2 Å². The maximum absolute atomic E-state index is 12.8. The molecule has 5 fully saturated rings. The second kappa shape index (κ2) is 6.52. The first kappa shape index (κ1) is 23.5. The molecule has 0 aromatic carbocycles. The molecule has 0 spiro atoms. The van der Waals surface area contributed by atoms with Gasteiger partial charge in [0.1, 0.15) is 6.10 Å². The number of fused-ring (bicyclic) bond motifs is 9. The van der Waals surface area contributed by atoms with Crippen molar-refractivity contribution in [1.82, 2.24) is 0 Å². The Labute approximate surface area is 205 Å². The second-order valence-electron chi connectivity index (χ2n) is 15.3. The number of rotatable bonds is 1. The predicted octanol–water partition coefficient (Wildman–Crippen LogP) is 6.22. The van der Waals surface area contributed by atoms with Gasteiger partial charge in [-0.3, -0.25) is 4.79 Å². The maximum atomic E-state index is 12.8. The Morgan fingerprint density at radius 1 is 0.971 bits per heavy atom. The van der Waals surface area contributed by atoms with Crippen molar-refractivity contribution in [3.63, 3.8) is 0 Å². The number of aliphatic hydroxyl groups excluding tert-OH is 1. The Balaban J connectivity index is 1.46. The van der Waals surface area contributed by atoms with Gasteiger partial charge < -0.3 is 14.9 Å². The lowest BCUT2D eigenvalue weighted by Crippen LogP contribution is -2.67. The van der Waals surface area contributed by atoms with Gasteiger partial charge in [-0.15, -0.1) is 0 Å². The number of hydrogen-bond acceptors (Lipinski definition) is 3. The molecule has 0 radical (unpaired) electrons. The lowest BCUT2D eigenvalue weighted by atomic mass is 9.33. The van der Waals surface area contributed by atoms with E-state index in [1.807, 2.05) is 0 Å². The minimum absolute atomic E-state index is 0.0121. The average molecular weight is 471 g/mol. The van der Waals surface area contributed by atoms with Crippen LogP contribution >= 0.6 is 0 Å². The third kappa shape index (κ3) is 2.51. The van der Waals surface area contributed by atoms with Crippen molar-refractivity contribution >= 4 is 5.97 Å². The topological polar surface area (TPSA) is 70.1 Å². The SMILES string of the molecule is CC1(C)CC[C@]2(C(=O)O)CC[C@]3(C)C(=CC[C@@H]4[C@@]5(C)[C@H]6O[C@H]6[C@H](O)C(C)(C)[C@@H]5CC[C@]43C)[C@@H]2C1. The van der Waals surface area contributed by atoms with Crippen molar-refractivity contribution in [2.75, 3.05) is 0 Å². The summed E-state index contributed by atoms with van der Waals surface area (Å²) in [6.07, 6.45) is 10.2. The minimum Gasteiger partial charge on any atom is -0.481 e.